The maximum atomic E-state index is 8.52. The number of benzene rings is 3. The summed E-state index contributed by atoms with van der Waals surface area (Å²) in [5, 5.41) is 10.2. The Kier molecular flexibility index (Phi) is 6.92. The van der Waals surface area contributed by atoms with E-state index < -0.39 is 0 Å². The molecule has 0 fully saturated rings. The Morgan fingerprint density at radius 2 is 1.25 bits per heavy atom. The zero-order chi connectivity index (χ0) is 15.9. The van der Waals surface area contributed by atoms with Gasteiger partial charge in [-0.2, -0.15) is 0 Å². The van der Waals surface area contributed by atoms with Gasteiger partial charge in [0, 0.05) is 32.3 Å². The van der Waals surface area contributed by atoms with Crippen LogP contribution >= 0.6 is 0 Å². The Morgan fingerprint density at radius 1 is 0.750 bits per heavy atom. The van der Waals surface area contributed by atoms with Gasteiger partial charge in [0.2, 0.25) is 0 Å². The maximum Gasteiger partial charge on any atom is 0.115 e. The van der Waals surface area contributed by atoms with E-state index in [0.29, 0.717) is 12.4 Å². The third-order valence-corrected chi connectivity index (χ3v) is 3.50. The third kappa shape index (κ3) is 4.64. The van der Waals surface area contributed by atoms with Crippen molar-refractivity contribution in [3.8, 4) is 0 Å². The van der Waals surface area contributed by atoms with Gasteiger partial charge in [-0.25, -0.2) is 0 Å². The number of amidine groups is 1. The normalized spacial score (nSPS) is 9.83. The van der Waals surface area contributed by atoms with E-state index in [0.717, 1.165) is 16.8 Å². The smallest absolute Gasteiger partial charge is 0.115 e. The molecule has 0 heterocycles. The molecule has 0 amide bonds. The molecule has 3 nitrogen and oxygen atoms in total. The summed E-state index contributed by atoms with van der Waals surface area (Å²) in [5.41, 5.74) is 7.50. The van der Waals surface area contributed by atoms with Crippen LogP contribution in [0.2, 0.25) is 0 Å². The van der Waals surface area contributed by atoms with E-state index in [1.54, 1.807) is 5.01 Å². The number of hydrogen-bond acceptors (Lipinski definition) is 1. The Morgan fingerprint density at radius 3 is 1.83 bits per heavy atom. The van der Waals surface area contributed by atoms with E-state index in [1.165, 1.54) is 0 Å². The van der Waals surface area contributed by atoms with Crippen LogP contribution in [0.15, 0.2) is 91.0 Å². The summed E-state index contributed by atoms with van der Waals surface area (Å²) in [4.78, 5) is 0. The number of para-hydroxylation sites is 1. The molecule has 0 aliphatic carbocycles. The van der Waals surface area contributed by atoms with Crippen molar-refractivity contribution >= 4 is 11.5 Å². The average molecular weight is 484 g/mol. The number of hydrogen-bond donors (Lipinski definition) is 1. The Labute approximate surface area is 157 Å². The molecule has 0 saturated carbocycles. The standard InChI is InChI=1S/C20H18N3.W/c21-20(18-12-6-2-7-13-18)23(19-14-8-3-9-15-19)22-16-17-10-4-1-5-11-17;/h1-15,21H,16H2;/q-1;. The largest absolute Gasteiger partial charge is 0.558 e. The van der Waals surface area contributed by atoms with Gasteiger partial charge < -0.3 is 10.4 Å². The van der Waals surface area contributed by atoms with Crippen molar-refractivity contribution in [2.75, 3.05) is 5.01 Å². The van der Waals surface area contributed by atoms with Crippen LogP contribution in [0.4, 0.5) is 5.69 Å². The maximum absolute atomic E-state index is 8.52. The van der Waals surface area contributed by atoms with Gasteiger partial charge in [0.15, 0.2) is 0 Å². The van der Waals surface area contributed by atoms with Crippen LogP contribution in [-0.4, -0.2) is 5.84 Å². The predicted octanol–water partition coefficient (Wildman–Crippen LogP) is 5.00. The minimum atomic E-state index is 0. The van der Waals surface area contributed by atoms with Gasteiger partial charge in [0.1, 0.15) is 5.84 Å². The second-order valence-corrected chi connectivity index (χ2v) is 5.15. The van der Waals surface area contributed by atoms with Gasteiger partial charge in [-0.15, -0.1) is 6.54 Å². The van der Waals surface area contributed by atoms with Crippen molar-refractivity contribution in [3.63, 3.8) is 0 Å². The zero-order valence-electron chi connectivity index (χ0n) is 13.2. The third-order valence-electron chi connectivity index (χ3n) is 3.50. The molecule has 0 spiro atoms. The minimum absolute atomic E-state index is 0. The number of anilines is 1. The molecule has 0 radical (unpaired) electrons. The number of nitrogens with zero attached hydrogens (tertiary/aromatic N) is 2. The van der Waals surface area contributed by atoms with E-state index in [4.69, 9.17) is 5.41 Å². The molecule has 1 N–H and O–H groups in total. The SMILES string of the molecule is N=C(c1ccccc1)N([N-]Cc1ccccc1)c1ccccc1.[W]. The summed E-state index contributed by atoms with van der Waals surface area (Å²) in [5.74, 6) is 0.368. The van der Waals surface area contributed by atoms with Crippen molar-refractivity contribution in [2.24, 2.45) is 0 Å². The predicted molar refractivity (Wildman–Crippen MR) is 95.7 cm³/mol. The first-order valence-corrected chi connectivity index (χ1v) is 7.55. The van der Waals surface area contributed by atoms with Crippen molar-refractivity contribution in [3.05, 3.63) is 108 Å². The van der Waals surface area contributed by atoms with E-state index in [9.17, 15) is 0 Å². The van der Waals surface area contributed by atoms with E-state index in [-0.39, 0.29) is 21.1 Å². The van der Waals surface area contributed by atoms with Crippen LogP contribution in [0.25, 0.3) is 5.43 Å². The molecule has 0 atom stereocenters. The molecule has 0 aromatic heterocycles. The fourth-order valence-corrected chi connectivity index (χ4v) is 2.30. The first kappa shape index (κ1) is 18.1. The summed E-state index contributed by atoms with van der Waals surface area (Å²) >= 11 is 0. The molecule has 0 aliphatic rings. The van der Waals surface area contributed by atoms with Gasteiger partial charge in [0.05, 0.1) is 0 Å². The molecule has 4 heteroatoms. The molecule has 0 bridgehead atoms. The molecule has 0 aliphatic heterocycles. The fraction of sp³-hybridized carbons (Fsp3) is 0.0500. The summed E-state index contributed by atoms with van der Waals surface area (Å²) in [6, 6.07) is 29.6. The molecule has 3 aromatic rings. The van der Waals surface area contributed by atoms with Crippen LogP contribution in [0, 0.1) is 5.41 Å². The molecular weight excluding hydrogens is 466 g/mol. The second kappa shape index (κ2) is 9.17. The van der Waals surface area contributed by atoms with Gasteiger partial charge in [-0.3, -0.25) is 5.41 Å². The van der Waals surface area contributed by atoms with Crippen LogP contribution in [-0.2, 0) is 27.6 Å². The van der Waals surface area contributed by atoms with Crippen molar-refractivity contribution < 1.29 is 21.1 Å². The van der Waals surface area contributed by atoms with Crippen molar-refractivity contribution in [1.29, 1.82) is 5.41 Å². The number of nitrogens with one attached hydrogen (secondary N) is 1. The Hall–Kier alpha value is -2.22. The Balaban J connectivity index is 0.00000208. The first-order chi connectivity index (χ1) is 11.3. The molecule has 3 aromatic carbocycles. The van der Waals surface area contributed by atoms with Gasteiger partial charge >= 0.3 is 0 Å². The summed E-state index contributed by atoms with van der Waals surface area (Å²) in [6.07, 6.45) is 0. The van der Waals surface area contributed by atoms with Crippen LogP contribution < -0.4 is 5.01 Å². The van der Waals surface area contributed by atoms with E-state index >= 15 is 0 Å². The van der Waals surface area contributed by atoms with Crippen molar-refractivity contribution in [1.82, 2.24) is 0 Å². The molecule has 0 unspecified atom stereocenters. The van der Waals surface area contributed by atoms with Gasteiger partial charge in [-0.1, -0.05) is 84.4 Å². The van der Waals surface area contributed by atoms with Gasteiger partial charge in [0.25, 0.3) is 0 Å². The van der Waals surface area contributed by atoms with Crippen molar-refractivity contribution in [2.45, 2.75) is 6.54 Å². The Bertz CT molecular complexity index is 746. The molecule has 0 saturated heterocycles. The summed E-state index contributed by atoms with van der Waals surface area (Å²) in [6.45, 7) is 0.533. The molecule has 3 rings (SSSR count). The topological polar surface area (TPSA) is 41.2 Å². The molecule has 24 heavy (non-hydrogen) atoms. The second-order valence-electron chi connectivity index (χ2n) is 5.15. The number of rotatable bonds is 5. The fourth-order valence-electron chi connectivity index (χ4n) is 2.30. The monoisotopic (exact) mass is 484 g/mol. The van der Waals surface area contributed by atoms with E-state index in [1.807, 2.05) is 91.0 Å². The quantitative estimate of drug-likeness (QED) is 0.309. The first-order valence-electron chi connectivity index (χ1n) is 7.55. The zero-order valence-corrected chi connectivity index (χ0v) is 16.1. The van der Waals surface area contributed by atoms with Crippen LogP contribution in [0.1, 0.15) is 11.1 Å². The van der Waals surface area contributed by atoms with E-state index in [2.05, 4.69) is 5.43 Å². The summed E-state index contributed by atoms with van der Waals surface area (Å²) < 4.78 is 0. The van der Waals surface area contributed by atoms with Gasteiger partial charge in [-0.05, 0) is 12.1 Å². The summed E-state index contributed by atoms with van der Waals surface area (Å²) in [7, 11) is 0. The van der Waals surface area contributed by atoms with Crippen LogP contribution in [0.3, 0.4) is 0 Å². The molecule has 120 valence electrons. The minimum Gasteiger partial charge on any atom is -0.558 e. The average Bonchev–Trinajstić information content (AvgIpc) is 2.64. The molecular formula is C20H18N3W-. The van der Waals surface area contributed by atoms with Crippen LogP contribution in [0.5, 0.6) is 0 Å².